The fourth-order valence-corrected chi connectivity index (χ4v) is 12.9. The third kappa shape index (κ3) is 68.4. The number of unbranched alkanes of at least 4 members (excludes halogenated alkanes) is 43. The van der Waals surface area contributed by atoms with Crippen LogP contribution in [-0.2, 0) is 65.4 Å². The van der Waals surface area contributed by atoms with Gasteiger partial charge in [0.1, 0.15) is 19.3 Å². The Morgan fingerprint density at radius 3 is 0.731 bits per heavy atom. The monoisotopic (exact) mass is 1370 g/mol. The third-order valence-electron chi connectivity index (χ3n) is 17.2. The number of carbonyl (C=O) groups excluding carboxylic acids is 4. The van der Waals surface area contributed by atoms with Crippen molar-refractivity contribution in [2.75, 3.05) is 39.6 Å². The van der Waals surface area contributed by atoms with Crippen LogP contribution in [0.25, 0.3) is 0 Å². The van der Waals surface area contributed by atoms with Gasteiger partial charge in [0.2, 0.25) is 0 Å². The van der Waals surface area contributed by atoms with Crippen molar-refractivity contribution in [1.82, 2.24) is 0 Å². The number of esters is 4. The second-order valence-electron chi connectivity index (χ2n) is 27.6. The van der Waals surface area contributed by atoms with Gasteiger partial charge in [-0.1, -0.05) is 330 Å². The molecule has 0 fully saturated rings. The van der Waals surface area contributed by atoms with Crippen molar-refractivity contribution >= 4 is 39.5 Å². The number of phosphoric acid groups is 2. The van der Waals surface area contributed by atoms with Crippen molar-refractivity contribution in [3.05, 3.63) is 0 Å². The molecule has 0 aromatic rings. The summed E-state index contributed by atoms with van der Waals surface area (Å²) >= 11 is 0. The molecule has 0 aliphatic heterocycles. The lowest BCUT2D eigenvalue weighted by Crippen LogP contribution is -2.30. The zero-order valence-electron chi connectivity index (χ0n) is 60.6. The van der Waals surface area contributed by atoms with E-state index in [0.29, 0.717) is 25.7 Å². The summed E-state index contributed by atoms with van der Waals surface area (Å²) in [5.41, 5.74) is 0. The van der Waals surface area contributed by atoms with Crippen LogP contribution in [0.4, 0.5) is 0 Å². The Morgan fingerprint density at radius 2 is 0.495 bits per heavy atom. The van der Waals surface area contributed by atoms with Gasteiger partial charge in [0, 0.05) is 25.7 Å². The Morgan fingerprint density at radius 1 is 0.290 bits per heavy atom. The quantitative estimate of drug-likeness (QED) is 0.0222. The van der Waals surface area contributed by atoms with E-state index in [1.165, 1.54) is 193 Å². The molecule has 5 atom stereocenters. The lowest BCUT2D eigenvalue weighted by atomic mass is 10.0. The van der Waals surface area contributed by atoms with Gasteiger partial charge < -0.3 is 33.8 Å². The summed E-state index contributed by atoms with van der Waals surface area (Å²) in [5, 5.41) is 10.6. The summed E-state index contributed by atoms with van der Waals surface area (Å²) in [7, 11) is -9.90. The Bertz CT molecular complexity index is 1800. The van der Waals surface area contributed by atoms with Crippen molar-refractivity contribution in [1.29, 1.82) is 0 Å². The van der Waals surface area contributed by atoms with Crippen molar-refractivity contribution < 1.29 is 80.2 Å². The number of hydrogen-bond acceptors (Lipinski definition) is 15. The first kappa shape index (κ1) is 91.1. The summed E-state index contributed by atoms with van der Waals surface area (Å²) in [6.07, 6.45) is 53.3. The fraction of sp³-hybridized carbons (Fsp3) is 0.946. The van der Waals surface area contributed by atoms with Gasteiger partial charge in [0.15, 0.2) is 12.2 Å². The van der Waals surface area contributed by atoms with Gasteiger partial charge in [0.25, 0.3) is 0 Å². The molecule has 0 aliphatic rings. The van der Waals surface area contributed by atoms with Crippen molar-refractivity contribution in [2.24, 2.45) is 11.8 Å². The highest BCUT2D eigenvalue weighted by molar-refractivity contribution is 7.47. The molecular formula is C74H144O17P2. The van der Waals surface area contributed by atoms with E-state index in [1.807, 2.05) is 0 Å². The van der Waals surface area contributed by atoms with Crippen molar-refractivity contribution in [3.63, 3.8) is 0 Å². The van der Waals surface area contributed by atoms with Crippen LogP contribution in [0.15, 0.2) is 0 Å². The van der Waals surface area contributed by atoms with E-state index in [2.05, 4.69) is 41.5 Å². The number of ether oxygens (including phenoxy) is 4. The lowest BCUT2D eigenvalue weighted by molar-refractivity contribution is -0.161. The minimum atomic E-state index is -4.95. The first-order valence-corrected chi connectivity index (χ1v) is 41.5. The van der Waals surface area contributed by atoms with Crippen molar-refractivity contribution in [2.45, 2.75) is 400 Å². The standard InChI is InChI=1S/C74H144O17P2/c1-7-9-11-13-14-15-16-17-18-19-20-21-22-23-24-25-28-35-40-46-52-58-74(79)91-70(63-85-72(77)57-51-45-39-34-29-26-27-32-37-43-48-54-66(3)4)65-89-93(82,83)87-61-68(75)60-86-92(80,81)88-64-69(62-84-71(76)56-50-42-12-10-8-2)90-73(78)59-53-47-41-36-31-30-33-38-44-49-55-67(5)6/h66-70,75H,7-65H2,1-6H3,(H,80,81)(H,82,83)/t68-,69+,70+/m0/s1. The van der Waals surface area contributed by atoms with E-state index < -0.39 is 97.5 Å². The van der Waals surface area contributed by atoms with Gasteiger partial charge in [-0.05, 0) is 37.5 Å². The van der Waals surface area contributed by atoms with Gasteiger partial charge in [0.05, 0.1) is 26.4 Å². The molecular weight excluding hydrogens is 1220 g/mol. The van der Waals surface area contributed by atoms with Crippen LogP contribution in [-0.4, -0.2) is 96.7 Å². The number of rotatable bonds is 73. The Labute approximate surface area is 568 Å². The molecule has 3 N–H and O–H groups in total. The van der Waals surface area contributed by atoms with Crippen LogP contribution < -0.4 is 0 Å². The van der Waals surface area contributed by atoms with E-state index in [4.69, 9.17) is 37.0 Å². The van der Waals surface area contributed by atoms with Gasteiger partial charge in [-0.15, -0.1) is 0 Å². The Kier molecular flexibility index (Phi) is 64.6. The average Bonchev–Trinajstić information content (AvgIpc) is 1.94. The minimum Gasteiger partial charge on any atom is -0.462 e. The van der Waals surface area contributed by atoms with Crippen molar-refractivity contribution in [3.8, 4) is 0 Å². The second kappa shape index (κ2) is 66.0. The first-order valence-electron chi connectivity index (χ1n) is 38.5. The van der Waals surface area contributed by atoms with Crippen LogP contribution in [0.3, 0.4) is 0 Å². The van der Waals surface area contributed by atoms with Gasteiger partial charge in [-0.25, -0.2) is 9.13 Å². The fourth-order valence-electron chi connectivity index (χ4n) is 11.3. The summed E-state index contributed by atoms with van der Waals surface area (Å²) in [4.78, 5) is 72.4. The zero-order valence-corrected chi connectivity index (χ0v) is 62.3. The molecule has 0 bridgehead atoms. The predicted molar refractivity (Wildman–Crippen MR) is 377 cm³/mol. The Hall–Kier alpha value is -1.94. The van der Waals surface area contributed by atoms with Crippen LogP contribution in [0.5, 0.6) is 0 Å². The maximum Gasteiger partial charge on any atom is 0.472 e. The Balaban J connectivity index is 5.12. The molecule has 0 aliphatic carbocycles. The summed E-state index contributed by atoms with van der Waals surface area (Å²) in [6, 6.07) is 0. The average molecular weight is 1370 g/mol. The molecule has 0 radical (unpaired) electrons. The largest absolute Gasteiger partial charge is 0.472 e. The first-order chi connectivity index (χ1) is 44.9. The van der Waals surface area contributed by atoms with E-state index >= 15 is 0 Å². The number of aliphatic hydroxyl groups excluding tert-OH is 1. The van der Waals surface area contributed by atoms with Crippen LogP contribution in [0, 0.1) is 11.8 Å². The van der Waals surface area contributed by atoms with Gasteiger partial charge >= 0.3 is 39.5 Å². The molecule has 19 heteroatoms. The SMILES string of the molecule is CCCCCCCCCCCCCCCCCCCCCCCC(=O)O[C@H](COC(=O)CCCCCCCCCCCCCC(C)C)COP(=O)(O)OC[C@@H](O)COP(=O)(O)OC[C@@H](COC(=O)CCCCCCC)OC(=O)CCCCCCCCCCCCC(C)C. The topological polar surface area (TPSA) is 237 Å². The van der Waals surface area contributed by atoms with E-state index in [1.54, 1.807) is 0 Å². The van der Waals surface area contributed by atoms with Gasteiger partial charge in [-0.2, -0.15) is 0 Å². The minimum absolute atomic E-state index is 0.105. The van der Waals surface area contributed by atoms with Crippen LogP contribution in [0.1, 0.15) is 382 Å². The molecule has 0 amide bonds. The second-order valence-corrected chi connectivity index (χ2v) is 30.5. The van der Waals surface area contributed by atoms with E-state index in [-0.39, 0.29) is 25.7 Å². The van der Waals surface area contributed by atoms with E-state index in [9.17, 15) is 43.2 Å². The zero-order chi connectivity index (χ0) is 68.6. The molecule has 0 heterocycles. The smallest absolute Gasteiger partial charge is 0.462 e. The maximum atomic E-state index is 13.1. The molecule has 2 unspecified atom stereocenters. The van der Waals surface area contributed by atoms with Crippen LogP contribution >= 0.6 is 15.6 Å². The predicted octanol–water partition coefficient (Wildman–Crippen LogP) is 21.6. The third-order valence-corrected chi connectivity index (χ3v) is 19.1. The molecule has 0 aromatic carbocycles. The molecule has 93 heavy (non-hydrogen) atoms. The number of aliphatic hydroxyl groups is 1. The molecule has 552 valence electrons. The molecule has 0 saturated heterocycles. The molecule has 17 nitrogen and oxygen atoms in total. The van der Waals surface area contributed by atoms with Crippen LogP contribution in [0.2, 0.25) is 0 Å². The molecule has 0 saturated carbocycles. The number of hydrogen-bond donors (Lipinski definition) is 3. The number of phosphoric ester groups is 2. The normalized spacial score (nSPS) is 14.1. The highest BCUT2D eigenvalue weighted by Gasteiger charge is 2.30. The molecule has 0 spiro atoms. The maximum absolute atomic E-state index is 13.1. The lowest BCUT2D eigenvalue weighted by Gasteiger charge is -2.21. The highest BCUT2D eigenvalue weighted by Crippen LogP contribution is 2.45. The highest BCUT2D eigenvalue weighted by atomic mass is 31.2. The summed E-state index contributed by atoms with van der Waals surface area (Å²) in [5.74, 6) is -0.608. The number of carbonyl (C=O) groups is 4. The van der Waals surface area contributed by atoms with Gasteiger partial charge in [-0.3, -0.25) is 37.3 Å². The summed E-state index contributed by atoms with van der Waals surface area (Å²) < 4.78 is 68.2. The van der Waals surface area contributed by atoms with E-state index in [0.717, 1.165) is 108 Å². The molecule has 0 rings (SSSR count). The summed E-state index contributed by atoms with van der Waals surface area (Å²) in [6.45, 7) is 9.48. The molecule has 0 aromatic heterocycles.